The molecule has 1 saturated heterocycles. The zero-order valence-electron chi connectivity index (χ0n) is 12.7. The minimum absolute atomic E-state index is 0.0239. The molecule has 4 rings (SSSR count). The number of amides is 1. The van der Waals surface area contributed by atoms with Gasteiger partial charge in [0.25, 0.3) is 5.91 Å². The summed E-state index contributed by atoms with van der Waals surface area (Å²) < 4.78 is 7.28. The van der Waals surface area contributed by atoms with Gasteiger partial charge in [0.15, 0.2) is 5.69 Å². The van der Waals surface area contributed by atoms with E-state index in [1.807, 2.05) is 35.0 Å². The van der Waals surface area contributed by atoms with Crippen LogP contribution in [-0.4, -0.2) is 38.8 Å². The summed E-state index contributed by atoms with van der Waals surface area (Å²) in [5.74, 6) is 1.32. The summed E-state index contributed by atoms with van der Waals surface area (Å²) in [7, 11) is 0. The molecule has 2 aliphatic rings. The van der Waals surface area contributed by atoms with Crippen LogP contribution in [0.4, 0.5) is 0 Å². The van der Waals surface area contributed by atoms with Crippen molar-refractivity contribution in [3.8, 4) is 0 Å². The van der Waals surface area contributed by atoms with Gasteiger partial charge in [0.2, 0.25) is 0 Å². The van der Waals surface area contributed by atoms with Crippen molar-refractivity contribution in [1.82, 2.24) is 19.8 Å². The standard InChI is InChI=1S/C16H20N4O2/c1-11-8-17-20(9-11)13-3-2-6-19(10-13)16(21)14-7-15(22-18-14)12-4-5-12/h7-9,12-13H,2-6,10H2,1H3/t13-/m1/s1. The molecule has 22 heavy (non-hydrogen) atoms. The quantitative estimate of drug-likeness (QED) is 0.873. The van der Waals surface area contributed by atoms with Gasteiger partial charge < -0.3 is 9.42 Å². The number of carbonyl (C=O) groups excluding carboxylic acids is 1. The van der Waals surface area contributed by atoms with Crippen LogP contribution in [0, 0.1) is 6.92 Å². The van der Waals surface area contributed by atoms with Crippen molar-refractivity contribution in [1.29, 1.82) is 0 Å². The predicted molar refractivity (Wildman–Crippen MR) is 79.6 cm³/mol. The fraction of sp³-hybridized carbons (Fsp3) is 0.562. The summed E-state index contributed by atoms with van der Waals surface area (Å²) in [6.45, 7) is 3.50. The van der Waals surface area contributed by atoms with Crippen LogP contribution in [-0.2, 0) is 0 Å². The SMILES string of the molecule is Cc1cnn([C@@H]2CCCN(C(=O)c3cc(C4CC4)on3)C2)c1. The van der Waals surface area contributed by atoms with Gasteiger partial charge >= 0.3 is 0 Å². The highest BCUT2D eigenvalue weighted by molar-refractivity contribution is 5.92. The van der Waals surface area contributed by atoms with Gasteiger partial charge in [0.1, 0.15) is 5.76 Å². The summed E-state index contributed by atoms with van der Waals surface area (Å²) in [5.41, 5.74) is 1.59. The number of carbonyl (C=O) groups is 1. The topological polar surface area (TPSA) is 64.2 Å². The summed E-state index contributed by atoms with van der Waals surface area (Å²) in [5, 5.41) is 8.35. The summed E-state index contributed by atoms with van der Waals surface area (Å²) >= 11 is 0. The lowest BCUT2D eigenvalue weighted by Crippen LogP contribution is -2.41. The van der Waals surface area contributed by atoms with Crippen molar-refractivity contribution in [3.05, 3.63) is 35.5 Å². The minimum Gasteiger partial charge on any atom is -0.360 e. The number of hydrogen-bond donors (Lipinski definition) is 0. The number of rotatable bonds is 3. The number of aryl methyl sites for hydroxylation is 1. The van der Waals surface area contributed by atoms with E-state index in [-0.39, 0.29) is 11.9 Å². The Bertz CT molecular complexity index is 686. The normalized spacial score (nSPS) is 22.0. The Balaban J connectivity index is 1.47. The van der Waals surface area contributed by atoms with E-state index < -0.39 is 0 Å². The maximum absolute atomic E-state index is 12.6. The molecule has 0 unspecified atom stereocenters. The molecule has 0 radical (unpaired) electrons. The van der Waals surface area contributed by atoms with Crippen LogP contribution in [0.1, 0.15) is 59.5 Å². The smallest absolute Gasteiger partial charge is 0.276 e. The Kier molecular flexibility index (Phi) is 3.24. The molecule has 3 heterocycles. The fourth-order valence-electron chi connectivity index (χ4n) is 3.10. The summed E-state index contributed by atoms with van der Waals surface area (Å²) in [6.07, 6.45) is 8.24. The molecular weight excluding hydrogens is 280 g/mol. The van der Waals surface area contributed by atoms with Crippen molar-refractivity contribution in [2.45, 2.75) is 44.6 Å². The highest BCUT2D eigenvalue weighted by atomic mass is 16.5. The number of aromatic nitrogens is 3. The third kappa shape index (κ3) is 2.53. The molecular formula is C16H20N4O2. The first-order chi connectivity index (χ1) is 10.7. The first kappa shape index (κ1) is 13.5. The van der Waals surface area contributed by atoms with E-state index in [4.69, 9.17) is 4.52 Å². The lowest BCUT2D eigenvalue weighted by atomic mass is 10.1. The second kappa shape index (κ2) is 5.26. The van der Waals surface area contributed by atoms with Gasteiger partial charge in [-0.3, -0.25) is 9.48 Å². The second-order valence-electron chi connectivity index (χ2n) is 6.43. The van der Waals surface area contributed by atoms with E-state index in [1.165, 1.54) is 0 Å². The highest BCUT2D eigenvalue weighted by Gasteiger charge is 2.31. The average Bonchev–Trinajstić information content (AvgIpc) is 3.10. The first-order valence-electron chi connectivity index (χ1n) is 7.97. The molecule has 116 valence electrons. The van der Waals surface area contributed by atoms with E-state index in [0.29, 0.717) is 18.2 Å². The maximum Gasteiger partial charge on any atom is 0.276 e. The molecule has 2 aromatic rings. The summed E-state index contributed by atoms with van der Waals surface area (Å²) in [6, 6.07) is 2.07. The fourth-order valence-corrected chi connectivity index (χ4v) is 3.10. The highest BCUT2D eigenvalue weighted by Crippen LogP contribution is 2.40. The molecule has 0 bridgehead atoms. The maximum atomic E-state index is 12.6. The van der Waals surface area contributed by atoms with Gasteiger partial charge in [0, 0.05) is 31.3 Å². The van der Waals surface area contributed by atoms with E-state index in [9.17, 15) is 4.79 Å². The average molecular weight is 300 g/mol. The summed E-state index contributed by atoms with van der Waals surface area (Å²) in [4.78, 5) is 14.5. The first-order valence-corrected chi connectivity index (χ1v) is 7.97. The Morgan fingerprint density at radius 1 is 1.36 bits per heavy atom. The molecule has 1 saturated carbocycles. The molecule has 1 atom stereocenters. The third-order valence-corrected chi connectivity index (χ3v) is 4.52. The molecule has 0 N–H and O–H groups in total. The van der Waals surface area contributed by atoms with Crippen molar-refractivity contribution >= 4 is 5.91 Å². The monoisotopic (exact) mass is 300 g/mol. The van der Waals surface area contributed by atoms with Crippen molar-refractivity contribution in [2.24, 2.45) is 0 Å². The van der Waals surface area contributed by atoms with Crippen molar-refractivity contribution < 1.29 is 9.32 Å². The van der Waals surface area contributed by atoms with Gasteiger partial charge in [-0.15, -0.1) is 0 Å². The van der Waals surface area contributed by atoms with Gasteiger partial charge in [-0.25, -0.2) is 0 Å². The molecule has 6 nitrogen and oxygen atoms in total. The van der Waals surface area contributed by atoms with Crippen LogP contribution in [0.5, 0.6) is 0 Å². The third-order valence-electron chi connectivity index (χ3n) is 4.52. The minimum atomic E-state index is -0.0239. The van der Waals surface area contributed by atoms with Crippen LogP contribution < -0.4 is 0 Å². The predicted octanol–water partition coefficient (Wildman–Crippen LogP) is 2.53. The second-order valence-corrected chi connectivity index (χ2v) is 6.43. The Labute approximate surface area is 129 Å². The molecule has 1 amide bonds. The van der Waals surface area contributed by atoms with Crippen LogP contribution in [0.15, 0.2) is 23.0 Å². The van der Waals surface area contributed by atoms with Gasteiger partial charge in [0.05, 0.1) is 12.2 Å². The van der Waals surface area contributed by atoms with Gasteiger partial charge in [-0.1, -0.05) is 5.16 Å². The lowest BCUT2D eigenvalue weighted by molar-refractivity contribution is 0.0662. The largest absolute Gasteiger partial charge is 0.360 e. The number of piperidine rings is 1. The van der Waals surface area contributed by atoms with E-state index in [1.54, 1.807) is 0 Å². The molecule has 1 aliphatic heterocycles. The molecule has 0 spiro atoms. The Morgan fingerprint density at radius 2 is 2.23 bits per heavy atom. The van der Waals surface area contributed by atoms with E-state index in [0.717, 1.165) is 43.6 Å². The Morgan fingerprint density at radius 3 is 2.95 bits per heavy atom. The van der Waals surface area contributed by atoms with E-state index in [2.05, 4.69) is 10.3 Å². The van der Waals surface area contributed by atoms with Crippen LogP contribution >= 0.6 is 0 Å². The molecule has 2 aromatic heterocycles. The van der Waals surface area contributed by atoms with Crippen molar-refractivity contribution in [2.75, 3.05) is 13.1 Å². The van der Waals surface area contributed by atoms with Crippen LogP contribution in [0.25, 0.3) is 0 Å². The molecule has 6 heteroatoms. The molecule has 1 aliphatic carbocycles. The Hall–Kier alpha value is -2.11. The van der Waals surface area contributed by atoms with E-state index >= 15 is 0 Å². The van der Waals surface area contributed by atoms with Crippen LogP contribution in [0.3, 0.4) is 0 Å². The molecule has 0 aromatic carbocycles. The van der Waals surface area contributed by atoms with Gasteiger partial charge in [-0.2, -0.15) is 5.10 Å². The van der Waals surface area contributed by atoms with Gasteiger partial charge in [-0.05, 0) is 38.2 Å². The number of likely N-dealkylation sites (tertiary alicyclic amines) is 1. The molecule has 2 fully saturated rings. The van der Waals surface area contributed by atoms with Crippen LogP contribution in [0.2, 0.25) is 0 Å². The number of nitrogens with zero attached hydrogens (tertiary/aromatic N) is 4. The lowest BCUT2D eigenvalue weighted by Gasteiger charge is -2.32. The van der Waals surface area contributed by atoms with Crippen molar-refractivity contribution in [3.63, 3.8) is 0 Å². The zero-order chi connectivity index (χ0) is 15.1. The number of hydrogen-bond acceptors (Lipinski definition) is 4. The zero-order valence-corrected chi connectivity index (χ0v) is 12.7.